The van der Waals surface area contributed by atoms with E-state index in [4.69, 9.17) is 5.73 Å². The highest BCUT2D eigenvalue weighted by Crippen LogP contribution is 2.45. The molecule has 2 amide bonds. The van der Waals surface area contributed by atoms with Crippen LogP contribution >= 0.6 is 46.8 Å². The van der Waals surface area contributed by atoms with Crippen molar-refractivity contribution in [2.24, 2.45) is 5.16 Å². The van der Waals surface area contributed by atoms with Crippen molar-refractivity contribution in [2.45, 2.75) is 35.4 Å². The van der Waals surface area contributed by atoms with Gasteiger partial charge in [-0.25, -0.2) is 4.79 Å². The van der Waals surface area contributed by atoms with E-state index in [1.54, 1.807) is 24.0 Å². The standard InChI is InChI=1S/C20H21N7O5S4/c1-2-6-33-7-9-10(4-3-5-22-9)35-11-8-34-18-13(17(29)27(18)14(11)19(30)31)23-16(28)12(25-32)15-24-20(21)36-26-15/h3-5,13,18,32H,2,6-8H2,1H3,(H,23,28)(H,30,31)(H2,21,24,26)/b25-12+/t13-,18-/m1/s1. The van der Waals surface area contributed by atoms with Gasteiger partial charge in [-0.15, -0.1) is 11.8 Å². The van der Waals surface area contributed by atoms with Gasteiger partial charge in [0.05, 0.1) is 5.69 Å². The Labute approximate surface area is 222 Å². The zero-order chi connectivity index (χ0) is 25.8. The van der Waals surface area contributed by atoms with Gasteiger partial charge in [-0.1, -0.05) is 23.8 Å². The van der Waals surface area contributed by atoms with E-state index in [9.17, 15) is 24.7 Å². The molecule has 190 valence electrons. The molecule has 2 aromatic heterocycles. The van der Waals surface area contributed by atoms with Gasteiger partial charge < -0.3 is 21.4 Å². The van der Waals surface area contributed by atoms with Crippen molar-refractivity contribution in [2.75, 3.05) is 17.2 Å². The molecule has 2 aliphatic rings. The number of carbonyl (C=O) groups excluding carboxylic acids is 2. The van der Waals surface area contributed by atoms with Crippen LogP contribution in [0, 0.1) is 0 Å². The number of β-lactam (4-membered cyclic amide) rings is 1. The summed E-state index contributed by atoms with van der Waals surface area (Å²) in [5, 5.41) is 24.1. The summed E-state index contributed by atoms with van der Waals surface area (Å²) in [7, 11) is 0. The fourth-order valence-electron chi connectivity index (χ4n) is 3.47. The van der Waals surface area contributed by atoms with Crippen molar-refractivity contribution >= 4 is 75.4 Å². The van der Waals surface area contributed by atoms with E-state index in [2.05, 4.69) is 31.7 Å². The molecule has 12 nitrogen and oxygen atoms in total. The average Bonchev–Trinajstić information content (AvgIpc) is 3.29. The van der Waals surface area contributed by atoms with Crippen molar-refractivity contribution < 1.29 is 24.7 Å². The molecular formula is C20H21N7O5S4. The normalized spacial score (nSPS) is 19.6. The maximum atomic E-state index is 13.0. The van der Waals surface area contributed by atoms with E-state index in [0.717, 1.165) is 34.3 Å². The zero-order valence-electron chi connectivity index (χ0n) is 18.8. The third-order valence-electron chi connectivity index (χ3n) is 5.06. The molecule has 2 aliphatic heterocycles. The van der Waals surface area contributed by atoms with Crippen molar-refractivity contribution in [3.05, 3.63) is 40.5 Å². The molecular weight excluding hydrogens is 547 g/mol. The first-order valence-electron chi connectivity index (χ1n) is 10.6. The maximum absolute atomic E-state index is 13.0. The zero-order valence-corrected chi connectivity index (χ0v) is 22.0. The minimum absolute atomic E-state index is 0.0784. The topological polar surface area (TPSA) is 184 Å². The van der Waals surface area contributed by atoms with Crippen molar-refractivity contribution in [3.63, 3.8) is 0 Å². The monoisotopic (exact) mass is 567 g/mol. The molecule has 2 aromatic rings. The summed E-state index contributed by atoms with van der Waals surface area (Å²) in [6, 6.07) is 2.68. The Hall–Kier alpha value is -2.82. The van der Waals surface area contributed by atoms with Crippen LogP contribution in [0.3, 0.4) is 0 Å². The van der Waals surface area contributed by atoms with Gasteiger partial charge in [-0.05, 0) is 24.3 Å². The number of nitrogen functional groups attached to an aromatic ring is 1. The highest BCUT2D eigenvalue weighted by atomic mass is 32.2. The molecule has 0 aromatic carbocycles. The van der Waals surface area contributed by atoms with Crippen molar-refractivity contribution in [1.82, 2.24) is 24.6 Å². The molecule has 4 rings (SSSR count). The first-order valence-corrected chi connectivity index (χ1v) is 14.4. The lowest BCUT2D eigenvalue weighted by atomic mass is 10.0. The van der Waals surface area contributed by atoms with E-state index >= 15 is 0 Å². The largest absolute Gasteiger partial charge is 0.477 e. The number of carboxylic acid groups (broad SMARTS) is 1. The van der Waals surface area contributed by atoms with Crippen LogP contribution in [0.15, 0.2) is 39.0 Å². The van der Waals surface area contributed by atoms with Crippen LogP contribution in [0.2, 0.25) is 0 Å². The number of fused-ring (bicyclic) bond motifs is 1. The van der Waals surface area contributed by atoms with Crippen LogP contribution in [0.5, 0.6) is 0 Å². The molecule has 0 unspecified atom stereocenters. The second-order valence-corrected chi connectivity index (χ2v) is 11.6. The Morgan fingerprint density at radius 3 is 2.89 bits per heavy atom. The lowest BCUT2D eigenvalue weighted by Gasteiger charge is -2.49. The average molecular weight is 568 g/mol. The highest BCUT2D eigenvalue weighted by Gasteiger charge is 2.54. The fraction of sp³-hybridized carbons (Fsp3) is 0.350. The molecule has 1 fully saturated rings. The Balaban J connectivity index is 1.51. The van der Waals surface area contributed by atoms with E-state index < -0.39 is 34.9 Å². The quantitative estimate of drug-likeness (QED) is 0.107. The molecule has 0 bridgehead atoms. The number of aliphatic carboxylic acids is 1. The first-order chi connectivity index (χ1) is 17.3. The number of carbonyl (C=O) groups is 3. The molecule has 4 heterocycles. The van der Waals surface area contributed by atoms with Crippen LogP contribution in [-0.4, -0.2) is 76.0 Å². The summed E-state index contributed by atoms with van der Waals surface area (Å²) in [5.41, 5.74) is 5.77. The lowest BCUT2D eigenvalue weighted by molar-refractivity contribution is -0.150. The number of amides is 2. The first kappa shape index (κ1) is 26.2. The minimum Gasteiger partial charge on any atom is -0.477 e. The van der Waals surface area contributed by atoms with Gasteiger partial charge in [0, 0.05) is 39.0 Å². The predicted molar refractivity (Wildman–Crippen MR) is 139 cm³/mol. The number of nitrogens with zero attached hydrogens (tertiary/aromatic N) is 5. The molecule has 5 N–H and O–H groups in total. The Bertz CT molecular complexity index is 1250. The molecule has 1 saturated heterocycles. The third-order valence-corrected chi connectivity index (χ3v) is 9.42. The molecule has 2 atom stereocenters. The van der Waals surface area contributed by atoms with E-state index in [1.165, 1.54) is 28.4 Å². The Morgan fingerprint density at radius 1 is 1.42 bits per heavy atom. The highest BCUT2D eigenvalue weighted by molar-refractivity contribution is 8.06. The van der Waals surface area contributed by atoms with Crippen molar-refractivity contribution in [3.8, 4) is 0 Å². The van der Waals surface area contributed by atoms with Gasteiger partial charge in [0.25, 0.3) is 11.8 Å². The molecule has 0 spiro atoms. The van der Waals surface area contributed by atoms with Gasteiger partial charge in [0.15, 0.2) is 5.13 Å². The third kappa shape index (κ3) is 5.30. The van der Waals surface area contributed by atoms with Gasteiger partial charge in [-0.2, -0.15) is 21.1 Å². The second-order valence-electron chi connectivity index (χ2n) is 7.45. The fourth-order valence-corrected chi connectivity index (χ4v) is 7.43. The molecule has 36 heavy (non-hydrogen) atoms. The Kier molecular flexibility index (Phi) is 8.38. The number of hydrogen-bond donors (Lipinski definition) is 4. The summed E-state index contributed by atoms with van der Waals surface area (Å²) in [6.45, 7) is 2.10. The lowest BCUT2D eigenvalue weighted by Crippen LogP contribution is -2.71. The molecule has 0 saturated carbocycles. The van der Waals surface area contributed by atoms with Crippen LogP contribution in [-0.2, 0) is 20.1 Å². The number of aromatic nitrogens is 3. The molecule has 0 aliphatic carbocycles. The summed E-state index contributed by atoms with van der Waals surface area (Å²) in [4.78, 5) is 48.6. The van der Waals surface area contributed by atoms with Crippen molar-refractivity contribution in [1.29, 1.82) is 0 Å². The number of carboxylic acids is 1. The summed E-state index contributed by atoms with van der Waals surface area (Å²) in [6.07, 6.45) is 2.75. The summed E-state index contributed by atoms with van der Waals surface area (Å²) in [5.74, 6) is -0.838. The number of nitrogens with one attached hydrogen (secondary N) is 1. The predicted octanol–water partition coefficient (Wildman–Crippen LogP) is 1.83. The molecule has 16 heteroatoms. The number of oxime groups is 1. The Morgan fingerprint density at radius 2 is 2.22 bits per heavy atom. The van der Waals surface area contributed by atoms with Gasteiger partial charge >= 0.3 is 5.97 Å². The van der Waals surface area contributed by atoms with Crippen LogP contribution in [0.1, 0.15) is 24.9 Å². The summed E-state index contributed by atoms with van der Waals surface area (Å²) >= 11 is 5.20. The minimum atomic E-state index is -1.23. The molecule has 0 radical (unpaired) electrons. The smallest absolute Gasteiger partial charge is 0.353 e. The number of nitrogens with two attached hydrogens (primary N) is 1. The number of anilines is 1. The van der Waals surface area contributed by atoms with E-state index in [0.29, 0.717) is 16.4 Å². The number of hydrogen-bond acceptors (Lipinski definition) is 13. The van der Waals surface area contributed by atoms with Crippen LogP contribution in [0.4, 0.5) is 5.13 Å². The van der Waals surface area contributed by atoms with E-state index in [-0.39, 0.29) is 16.7 Å². The number of pyridine rings is 1. The van der Waals surface area contributed by atoms with E-state index in [1.807, 2.05) is 6.07 Å². The van der Waals surface area contributed by atoms with Gasteiger partial charge in [0.2, 0.25) is 11.5 Å². The maximum Gasteiger partial charge on any atom is 0.353 e. The number of thioether (sulfide) groups is 3. The number of rotatable bonds is 10. The van der Waals surface area contributed by atoms with Gasteiger partial charge in [-0.3, -0.25) is 19.5 Å². The van der Waals surface area contributed by atoms with Crippen LogP contribution < -0.4 is 11.1 Å². The second kappa shape index (κ2) is 11.5. The SMILES string of the molecule is CCCSCc1ncccc1SC1=C(C(=O)O)N2C(=O)[C@@H](NC(=O)/C(=N/O)c3nsc(N)n3)[C@H]2SC1. The van der Waals surface area contributed by atoms with Gasteiger partial charge in [0.1, 0.15) is 17.1 Å². The summed E-state index contributed by atoms with van der Waals surface area (Å²) < 4.78 is 3.83. The van der Waals surface area contributed by atoms with Crippen LogP contribution in [0.25, 0.3) is 0 Å².